The van der Waals surface area contributed by atoms with E-state index in [1.54, 1.807) is 12.1 Å². The number of nitrogens with one attached hydrogen (secondary N) is 1. The van der Waals surface area contributed by atoms with Crippen LogP contribution >= 0.6 is 0 Å². The predicted octanol–water partition coefficient (Wildman–Crippen LogP) is 2.29. The Kier molecular flexibility index (Phi) is 7.05. The second-order valence-electron chi connectivity index (χ2n) is 7.53. The Labute approximate surface area is 173 Å². The molecule has 0 aromatic heterocycles. The molecule has 6 nitrogen and oxygen atoms in total. The molecule has 1 aliphatic heterocycles. The minimum absolute atomic E-state index is 0.182. The van der Waals surface area contributed by atoms with Crippen LogP contribution in [0.2, 0.25) is 0 Å². The molecule has 156 valence electrons. The topological polar surface area (TPSA) is 69.7 Å². The van der Waals surface area contributed by atoms with Gasteiger partial charge in [-0.2, -0.15) is 4.31 Å². The zero-order chi connectivity index (χ0) is 20.9. The molecule has 1 N–H and O–H groups in total. The summed E-state index contributed by atoms with van der Waals surface area (Å²) in [5, 5.41) is 2.92. The molecule has 0 aliphatic carbocycles. The fourth-order valence-electron chi connectivity index (χ4n) is 3.42. The normalized spacial score (nSPS) is 15.9. The van der Waals surface area contributed by atoms with Gasteiger partial charge in [0.1, 0.15) is 0 Å². The molecule has 2 aromatic carbocycles. The van der Waals surface area contributed by atoms with Gasteiger partial charge in [0.15, 0.2) is 0 Å². The summed E-state index contributed by atoms with van der Waals surface area (Å²) in [5.74, 6) is -0.231. The molecule has 0 radical (unpaired) electrons. The molecule has 7 heteroatoms. The minimum Gasteiger partial charge on any atom is -0.352 e. The summed E-state index contributed by atoms with van der Waals surface area (Å²) < 4.78 is 27.4. The minimum atomic E-state index is -3.59. The van der Waals surface area contributed by atoms with Gasteiger partial charge in [0.05, 0.1) is 4.90 Å². The number of piperazine rings is 1. The van der Waals surface area contributed by atoms with Crippen LogP contribution in [0.15, 0.2) is 53.4 Å². The third-order valence-electron chi connectivity index (χ3n) is 5.32. The van der Waals surface area contributed by atoms with Gasteiger partial charge in [-0.15, -0.1) is 0 Å². The predicted molar refractivity (Wildman–Crippen MR) is 115 cm³/mol. The molecular formula is C22H29N3O3S. The lowest BCUT2D eigenvalue weighted by molar-refractivity contribution is 0.0952. The number of carbonyl (C=O) groups is 1. The number of nitrogens with zero attached hydrogens (tertiary/aromatic N) is 2. The summed E-state index contributed by atoms with van der Waals surface area (Å²) in [6.45, 7) is 4.72. The Bertz CT molecular complexity index is 937. The quantitative estimate of drug-likeness (QED) is 0.705. The zero-order valence-corrected chi connectivity index (χ0v) is 17.9. The first-order chi connectivity index (χ1) is 13.9. The highest BCUT2D eigenvalue weighted by Gasteiger charge is 2.28. The van der Waals surface area contributed by atoms with Gasteiger partial charge in [-0.25, -0.2) is 8.42 Å². The number of rotatable bonds is 7. The highest BCUT2D eigenvalue weighted by molar-refractivity contribution is 7.89. The van der Waals surface area contributed by atoms with E-state index in [1.807, 2.05) is 32.2 Å². The van der Waals surface area contributed by atoms with Gasteiger partial charge in [0, 0.05) is 38.3 Å². The Hall–Kier alpha value is -2.22. The van der Waals surface area contributed by atoms with Gasteiger partial charge in [-0.3, -0.25) is 4.79 Å². The highest BCUT2D eigenvalue weighted by atomic mass is 32.2. The monoisotopic (exact) mass is 415 g/mol. The Morgan fingerprint density at radius 2 is 1.72 bits per heavy atom. The maximum atomic E-state index is 13.0. The van der Waals surface area contributed by atoms with Gasteiger partial charge in [-0.05, 0) is 50.1 Å². The Balaban J connectivity index is 1.64. The van der Waals surface area contributed by atoms with Crippen molar-refractivity contribution in [3.63, 3.8) is 0 Å². The summed E-state index contributed by atoms with van der Waals surface area (Å²) in [6.07, 6.45) is 1.71. The number of aryl methyl sites for hydroxylation is 2. The van der Waals surface area contributed by atoms with Gasteiger partial charge >= 0.3 is 0 Å². The number of benzene rings is 2. The van der Waals surface area contributed by atoms with Crippen LogP contribution in [-0.2, 0) is 16.4 Å². The first-order valence-electron chi connectivity index (χ1n) is 9.99. The van der Waals surface area contributed by atoms with E-state index in [0.29, 0.717) is 38.3 Å². The molecule has 1 amide bonds. The summed E-state index contributed by atoms with van der Waals surface area (Å²) in [4.78, 5) is 14.9. The number of hydrogen-bond donors (Lipinski definition) is 1. The first-order valence-corrected chi connectivity index (χ1v) is 11.4. The third-order valence-corrected chi connectivity index (χ3v) is 7.22. The van der Waals surface area contributed by atoms with Gasteiger partial charge in [-0.1, -0.05) is 36.4 Å². The lowest BCUT2D eigenvalue weighted by Gasteiger charge is -2.31. The van der Waals surface area contributed by atoms with Crippen LogP contribution in [0.1, 0.15) is 27.9 Å². The second-order valence-corrected chi connectivity index (χ2v) is 9.47. The van der Waals surface area contributed by atoms with Crippen LogP contribution in [0.25, 0.3) is 0 Å². The summed E-state index contributed by atoms with van der Waals surface area (Å²) in [6, 6.07) is 14.9. The molecule has 0 saturated carbocycles. The standard InChI is InChI=1S/C22H29N3O3S/c1-18-10-11-20(29(27,28)25-15-13-24(2)14-16-25)17-21(18)22(26)23-12-6-9-19-7-4-3-5-8-19/h3-5,7-8,10-11,17H,6,9,12-16H2,1-2H3,(H,23,26). The summed E-state index contributed by atoms with van der Waals surface area (Å²) in [7, 11) is -1.61. The van der Waals surface area contributed by atoms with E-state index >= 15 is 0 Å². The van der Waals surface area contributed by atoms with Crippen LogP contribution in [0.4, 0.5) is 0 Å². The summed E-state index contributed by atoms with van der Waals surface area (Å²) in [5.41, 5.74) is 2.42. The average molecular weight is 416 g/mol. The van der Waals surface area contributed by atoms with Crippen LogP contribution in [0, 0.1) is 6.92 Å². The molecule has 0 unspecified atom stereocenters. The number of hydrogen-bond acceptors (Lipinski definition) is 4. The summed E-state index contributed by atoms with van der Waals surface area (Å²) >= 11 is 0. The second kappa shape index (κ2) is 9.52. The van der Waals surface area contributed by atoms with Gasteiger partial charge in [0.25, 0.3) is 5.91 Å². The van der Waals surface area contributed by atoms with Crippen LogP contribution < -0.4 is 5.32 Å². The van der Waals surface area contributed by atoms with Crippen LogP contribution in [0.5, 0.6) is 0 Å². The van der Waals surface area contributed by atoms with Crippen molar-refractivity contribution >= 4 is 15.9 Å². The number of carbonyl (C=O) groups excluding carboxylic acids is 1. The average Bonchev–Trinajstić information content (AvgIpc) is 2.72. The zero-order valence-electron chi connectivity index (χ0n) is 17.1. The van der Waals surface area contributed by atoms with E-state index < -0.39 is 10.0 Å². The molecule has 1 aliphatic rings. The Morgan fingerprint density at radius 1 is 1.03 bits per heavy atom. The smallest absolute Gasteiger partial charge is 0.251 e. The van der Waals surface area contributed by atoms with E-state index in [1.165, 1.54) is 15.9 Å². The van der Waals surface area contributed by atoms with E-state index in [2.05, 4.69) is 22.3 Å². The SMILES string of the molecule is Cc1ccc(S(=O)(=O)N2CCN(C)CC2)cc1C(=O)NCCCc1ccccc1. The molecule has 0 atom stereocenters. The van der Waals surface area contributed by atoms with Crippen molar-refractivity contribution in [1.82, 2.24) is 14.5 Å². The van der Waals surface area contributed by atoms with Crippen molar-refractivity contribution in [2.75, 3.05) is 39.8 Å². The van der Waals surface area contributed by atoms with Crippen molar-refractivity contribution < 1.29 is 13.2 Å². The van der Waals surface area contributed by atoms with Crippen LogP contribution in [0.3, 0.4) is 0 Å². The fraction of sp³-hybridized carbons (Fsp3) is 0.409. The molecule has 3 rings (SSSR count). The van der Waals surface area contributed by atoms with Crippen molar-refractivity contribution in [3.05, 3.63) is 65.2 Å². The van der Waals surface area contributed by atoms with E-state index in [9.17, 15) is 13.2 Å². The van der Waals surface area contributed by atoms with E-state index in [0.717, 1.165) is 18.4 Å². The number of amides is 1. The highest BCUT2D eigenvalue weighted by Crippen LogP contribution is 2.21. The van der Waals surface area contributed by atoms with Crippen molar-refractivity contribution in [1.29, 1.82) is 0 Å². The number of sulfonamides is 1. The fourth-order valence-corrected chi connectivity index (χ4v) is 4.87. The lowest BCUT2D eigenvalue weighted by atomic mass is 10.1. The number of likely N-dealkylation sites (N-methyl/N-ethyl adjacent to an activating group) is 1. The molecular weight excluding hydrogens is 386 g/mol. The molecule has 29 heavy (non-hydrogen) atoms. The van der Waals surface area contributed by atoms with Gasteiger partial charge in [0.2, 0.25) is 10.0 Å². The molecule has 1 fully saturated rings. The van der Waals surface area contributed by atoms with Crippen molar-refractivity contribution in [2.24, 2.45) is 0 Å². The third kappa shape index (κ3) is 5.44. The largest absolute Gasteiger partial charge is 0.352 e. The van der Waals surface area contributed by atoms with Crippen molar-refractivity contribution in [2.45, 2.75) is 24.7 Å². The maximum absolute atomic E-state index is 13.0. The molecule has 1 saturated heterocycles. The van der Waals surface area contributed by atoms with E-state index in [-0.39, 0.29) is 10.8 Å². The molecule has 2 aromatic rings. The molecule has 0 bridgehead atoms. The first kappa shape index (κ1) is 21.5. The maximum Gasteiger partial charge on any atom is 0.251 e. The lowest BCUT2D eigenvalue weighted by Crippen LogP contribution is -2.47. The Morgan fingerprint density at radius 3 is 2.41 bits per heavy atom. The van der Waals surface area contributed by atoms with Crippen molar-refractivity contribution in [3.8, 4) is 0 Å². The van der Waals surface area contributed by atoms with Gasteiger partial charge < -0.3 is 10.2 Å². The van der Waals surface area contributed by atoms with Crippen LogP contribution in [-0.4, -0.2) is 63.3 Å². The van der Waals surface area contributed by atoms with E-state index in [4.69, 9.17) is 0 Å². The molecule has 1 heterocycles. The molecule has 0 spiro atoms.